The van der Waals surface area contributed by atoms with Crippen LogP contribution in [0.5, 0.6) is 23.0 Å². The number of aromatic hydroxyl groups is 1. The van der Waals surface area contributed by atoms with E-state index >= 15 is 0 Å². The third-order valence-electron chi connectivity index (χ3n) is 2.52. The van der Waals surface area contributed by atoms with E-state index in [4.69, 9.17) is 14.2 Å². The van der Waals surface area contributed by atoms with Crippen LogP contribution >= 0.6 is 0 Å². The van der Waals surface area contributed by atoms with Gasteiger partial charge in [-0.05, 0) is 6.07 Å². The standard InChI is InChI=1S/C12H13NO4/c1-15-8-6-9(16-2)12(17-3)10-7(14)4-5-13-11(8)10/h4-6H,1-3H3,(H,13,14). The minimum atomic E-state index is 0.0732. The van der Waals surface area contributed by atoms with Gasteiger partial charge in [-0.15, -0.1) is 0 Å². The zero-order valence-corrected chi connectivity index (χ0v) is 9.85. The van der Waals surface area contributed by atoms with Gasteiger partial charge in [0.25, 0.3) is 0 Å². The van der Waals surface area contributed by atoms with Gasteiger partial charge in [-0.1, -0.05) is 0 Å². The van der Waals surface area contributed by atoms with E-state index in [-0.39, 0.29) is 5.75 Å². The Labute approximate surface area is 98.6 Å². The highest BCUT2D eigenvalue weighted by Gasteiger charge is 2.17. The fraction of sp³-hybridized carbons (Fsp3) is 0.250. The number of ether oxygens (including phenoxy) is 3. The van der Waals surface area contributed by atoms with E-state index in [1.807, 2.05) is 0 Å². The van der Waals surface area contributed by atoms with Crippen molar-refractivity contribution in [3.63, 3.8) is 0 Å². The van der Waals surface area contributed by atoms with Crippen molar-refractivity contribution in [3.05, 3.63) is 18.3 Å². The molecule has 0 unspecified atom stereocenters. The number of hydrogen-bond donors (Lipinski definition) is 1. The summed E-state index contributed by atoms with van der Waals surface area (Å²) in [5.74, 6) is 1.52. The Morgan fingerprint density at radius 1 is 1.06 bits per heavy atom. The first-order valence-corrected chi connectivity index (χ1v) is 4.99. The van der Waals surface area contributed by atoms with Gasteiger partial charge in [0.1, 0.15) is 17.0 Å². The molecule has 0 saturated heterocycles. The van der Waals surface area contributed by atoms with Crippen LogP contribution in [0, 0.1) is 0 Å². The first kappa shape index (κ1) is 11.3. The Morgan fingerprint density at radius 3 is 2.35 bits per heavy atom. The minimum absolute atomic E-state index is 0.0732. The summed E-state index contributed by atoms with van der Waals surface area (Å²) in [4.78, 5) is 4.18. The van der Waals surface area contributed by atoms with Gasteiger partial charge in [0.05, 0.1) is 26.7 Å². The third-order valence-corrected chi connectivity index (χ3v) is 2.52. The average molecular weight is 235 g/mol. The minimum Gasteiger partial charge on any atom is -0.507 e. The number of methoxy groups -OCH3 is 3. The molecule has 5 nitrogen and oxygen atoms in total. The van der Waals surface area contributed by atoms with Crippen molar-refractivity contribution in [2.24, 2.45) is 0 Å². The van der Waals surface area contributed by atoms with Gasteiger partial charge in [-0.2, -0.15) is 0 Å². The highest BCUT2D eigenvalue weighted by atomic mass is 16.5. The molecule has 0 aliphatic carbocycles. The molecule has 1 N–H and O–H groups in total. The number of fused-ring (bicyclic) bond motifs is 1. The second-order valence-corrected chi connectivity index (χ2v) is 3.37. The van der Waals surface area contributed by atoms with Gasteiger partial charge in [0.2, 0.25) is 0 Å². The zero-order chi connectivity index (χ0) is 12.4. The molecule has 17 heavy (non-hydrogen) atoms. The van der Waals surface area contributed by atoms with Crippen LogP contribution in [0.1, 0.15) is 0 Å². The molecular formula is C12H13NO4. The molecule has 0 bridgehead atoms. The zero-order valence-electron chi connectivity index (χ0n) is 9.85. The molecule has 1 heterocycles. The third kappa shape index (κ3) is 1.69. The van der Waals surface area contributed by atoms with E-state index in [0.717, 1.165) is 0 Å². The summed E-state index contributed by atoms with van der Waals surface area (Å²) in [6, 6.07) is 3.16. The number of rotatable bonds is 3. The first-order chi connectivity index (χ1) is 8.22. The maximum absolute atomic E-state index is 9.89. The number of pyridine rings is 1. The van der Waals surface area contributed by atoms with Gasteiger partial charge in [0.15, 0.2) is 11.5 Å². The SMILES string of the molecule is COc1cc(OC)c2nccc(O)c2c1OC. The van der Waals surface area contributed by atoms with Crippen molar-refractivity contribution in [3.8, 4) is 23.0 Å². The summed E-state index contributed by atoms with van der Waals surface area (Å²) >= 11 is 0. The van der Waals surface area contributed by atoms with Gasteiger partial charge in [0, 0.05) is 12.3 Å². The van der Waals surface area contributed by atoms with Crippen LogP contribution in [0.3, 0.4) is 0 Å². The van der Waals surface area contributed by atoms with E-state index in [1.165, 1.54) is 33.6 Å². The summed E-state index contributed by atoms with van der Waals surface area (Å²) in [6.07, 6.45) is 1.51. The summed E-state index contributed by atoms with van der Waals surface area (Å²) < 4.78 is 15.7. The van der Waals surface area contributed by atoms with E-state index in [1.54, 1.807) is 6.07 Å². The molecule has 90 valence electrons. The van der Waals surface area contributed by atoms with Crippen LogP contribution in [0.25, 0.3) is 10.9 Å². The molecule has 1 aromatic heterocycles. The maximum atomic E-state index is 9.89. The predicted octanol–water partition coefficient (Wildman–Crippen LogP) is 1.97. The molecule has 0 spiro atoms. The van der Waals surface area contributed by atoms with Crippen LogP contribution in [-0.4, -0.2) is 31.4 Å². The van der Waals surface area contributed by atoms with E-state index in [9.17, 15) is 5.11 Å². The summed E-state index contributed by atoms with van der Waals surface area (Å²) in [5.41, 5.74) is 0.533. The molecule has 0 atom stereocenters. The summed E-state index contributed by atoms with van der Waals surface area (Å²) in [6.45, 7) is 0. The molecule has 0 amide bonds. The summed E-state index contributed by atoms with van der Waals surface area (Å²) in [5, 5.41) is 10.4. The molecule has 5 heteroatoms. The highest BCUT2D eigenvalue weighted by molar-refractivity contribution is 5.97. The lowest BCUT2D eigenvalue weighted by atomic mass is 10.1. The number of benzene rings is 1. The predicted molar refractivity (Wildman–Crippen MR) is 63.1 cm³/mol. The van der Waals surface area contributed by atoms with Gasteiger partial charge >= 0.3 is 0 Å². The number of nitrogens with zero attached hydrogens (tertiary/aromatic N) is 1. The molecule has 0 aliphatic heterocycles. The monoisotopic (exact) mass is 235 g/mol. The molecule has 0 radical (unpaired) electrons. The molecule has 0 fully saturated rings. The van der Waals surface area contributed by atoms with Crippen LogP contribution < -0.4 is 14.2 Å². The average Bonchev–Trinajstić information content (AvgIpc) is 2.37. The Morgan fingerprint density at radius 2 is 1.76 bits per heavy atom. The van der Waals surface area contributed by atoms with Crippen molar-refractivity contribution >= 4 is 10.9 Å². The van der Waals surface area contributed by atoms with Gasteiger partial charge in [-0.3, -0.25) is 4.98 Å². The van der Waals surface area contributed by atoms with E-state index < -0.39 is 0 Å². The molecule has 2 aromatic rings. The Bertz CT molecular complexity index is 554. The van der Waals surface area contributed by atoms with Crippen molar-refractivity contribution in [1.29, 1.82) is 0 Å². The maximum Gasteiger partial charge on any atom is 0.174 e. The Kier molecular flexibility index (Phi) is 2.91. The molecular weight excluding hydrogens is 222 g/mol. The first-order valence-electron chi connectivity index (χ1n) is 4.99. The van der Waals surface area contributed by atoms with Crippen molar-refractivity contribution < 1.29 is 19.3 Å². The highest BCUT2D eigenvalue weighted by Crippen LogP contribution is 2.43. The normalized spacial score (nSPS) is 10.3. The van der Waals surface area contributed by atoms with Crippen LogP contribution in [0.4, 0.5) is 0 Å². The van der Waals surface area contributed by atoms with Crippen LogP contribution in [0.15, 0.2) is 18.3 Å². The largest absolute Gasteiger partial charge is 0.507 e. The topological polar surface area (TPSA) is 60.8 Å². The number of hydrogen-bond acceptors (Lipinski definition) is 5. The second kappa shape index (κ2) is 4.37. The summed E-state index contributed by atoms with van der Waals surface area (Å²) in [7, 11) is 4.57. The smallest absolute Gasteiger partial charge is 0.174 e. The van der Waals surface area contributed by atoms with Gasteiger partial charge in [-0.25, -0.2) is 0 Å². The Hall–Kier alpha value is -2.17. The van der Waals surface area contributed by atoms with E-state index in [2.05, 4.69) is 4.98 Å². The second-order valence-electron chi connectivity index (χ2n) is 3.37. The van der Waals surface area contributed by atoms with Crippen LogP contribution in [-0.2, 0) is 0 Å². The molecule has 0 saturated carbocycles. The molecule has 0 aliphatic rings. The quantitative estimate of drug-likeness (QED) is 0.881. The fourth-order valence-corrected chi connectivity index (χ4v) is 1.75. The Balaban J connectivity index is 2.92. The van der Waals surface area contributed by atoms with Crippen molar-refractivity contribution in [2.45, 2.75) is 0 Å². The molecule has 1 aromatic carbocycles. The number of aromatic nitrogens is 1. The van der Waals surface area contributed by atoms with Gasteiger partial charge < -0.3 is 19.3 Å². The lowest BCUT2D eigenvalue weighted by Crippen LogP contribution is -1.95. The van der Waals surface area contributed by atoms with Crippen molar-refractivity contribution in [2.75, 3.05) is 21.3 Å². The van der Waals surface area contributed by atoms with E-state index in [0.29, 0.717) is 28.2 Å². The molecule has 2 rings (SSSR count). The lowest BCUT2D eigenvalue weighted by Gasteiger charge is -2.13. The fourth-order valence-electron chi connectivity index (χ4n) is 1.75. The lowest BCUT2D eigenvalue weighted by molar-refractivity contribution is 0.352. The van der Waals surface area contributed by atoms with Crippen LogP contribution in [0.2, 0.25) is 0 Å². The van der Waals surface area contributed by atoms with Crippen molar-refractivity contribution in [1.82, 2.24) is 4.98 Å².